The van der Waals surface area contributed by atoms with Crippen molar-refractivity contribution >= 4 is 6.29 Å². The lowest BCUT2D eigenvalue weighted by Crippen LogP contribution is -2.10. The van der Waals surface area contributed by atoms with Crippen LogP contribution in [0.5, 0.6) is 5.75 Å². The molecule has 0 saturated heterocycles. The van der Waals surface area contributed by atoms with E-state index < -0.39 is 0 Å². The Morgan fingerprint density at radius 2 is 2.05 bits per heavy atom. The van der Waals surface area contributed by atoms with Crippen LogP contribution in [0.2, 0.25) is 0 Å². The average Bonchev–Trinajstić information content (AvgIpc) is 2.94. The van der Waals surface area contributed by atoms with Gasteiger partial charge in [-0.15, -0.1) is 0 Å². The Morgan fingerprint density at radius 1 is 1.25 bits per heavy atom. The summed E-state index contributed by atoms with van der Waals surface area (Å²) in [7, 11) is 0. The van der Waals surface area contributed by atoms with Crippen LogP contribution in [0.3, 0.4) is 0 Å². The molecule has 0 N–H and O–H groups in total. The standard InChI is InChI=1S/C17H21NO2/c1-3-14(2)16-8-4-5-9-17(16)20-12-11-18-10-6-7-15(18)13-19/h4-10,13-14H,3,11-12H2,1-2H3. The number of nitrogens with zero attached hydrogens (tertiary/aromatic N) is 1. The molecule has 0 bridgehead atoms. The van der Waals surface area contributed by atoms with Crippen LogP contribution in [0.4, 0.5) is 0 Å². The number of aldehydes is 1. The third-order valence-corrected chi connectivity index (χ3v) is 3.64. The van der Waals surface area contributed by atoms with Gasteiger partial charge in [0.15, 0.2) is 6.29 Å². The summed E-state index contributed by atoms with van der Waals surface area (Å²) in [6, 6.07) is 11.9. The summed E-state index contributed by atoms with van der Waals surface area (Å²) in [5, 5.41) is 0. The lowest BCUT2D eigenvalue weighted by Gasteiger charge is -2.16. The number of hydrogen-bond acceptors (Lipinski definition) is 2. The van der Waals surface area contributed by atoms with Crippen molar-refractivity contribution in [2.24, 2.45) is 0 Å². The number of para-hydroxylation sites is 1. The van der Waals surface area contributed by atoms with E-state index >= 15 is 0 Å². The molecule has 1 aromatic heterocycles. The van der Waals surface area contributed by atoms with E-state index in [2.05, 4.69) is 19.9 Å². The maximum Gasteiger partial charge on any atom is 0.166 e. The average molecular weight is 271 g/mol. The Labute approximate surface area is 120 Å². The van der Waals surface area contributed by atoms with Crippen molar-refractivity contribution in [1.82, 2.24) is 4.57 Å². The first kappa shape index (κ1) is 14.4. The second-order valence-electron chi connectivity index (χ2n) is 4.94. The van der Waals surface area contributed by atoms with Crippen molar-refractivity contribution in [3.05, 3.63) is 53.9 Å². The minimum atomic E-state index is 0.489. The van der Waals surface area contributed by atoms with Crippen molar-refractivity contribution in [2.45, 2.75) is 32.7 Å². The summed E-state index contributed by atoms with van der Waals surface area (Å²) in [6.45, 7) is 5.62. The van der Waals surface area contributed by atoms with Gasteiger partial charge in [-0.2, -0.15) is 0 Å². The fourth-order valence-electron chi connectivity index (χ4n) is 2.23. The minimum Gasteiger partial charge on any atom is -0.491 e. The van der Waals surface area contributed by atoms with Crippen LogP contribution < -0.4 is 4.74 Å². The molecule has 106 valence electrons. The van der Waals surface area contributed by atoms with Crippen LogP contribution >= 0.6 is 0 Å². The fraction of sp³-hybridized carbons (Fsp3) is 0.353. The molecule has 0 saturated carbocycles. The number of benzene rings is 1. The van der Waals surface area contributed by atoms with Gasteiger partial charge in [-0.05, 0) is 36.1 Å². The molecule has 0 spiro atoms. The Hall–Kier alpha value is -2.03. The van der Waals surface area contributed by atoms with Crippen molar-refractivity contribution in [3.63, 3.8) is 0 Å². The van der Waals surface area contributed by atoms with E-state index in [0.29, 0.717) is 24.8 Å². The zero-order valence-electron chi connectivity index (χ0n) is 12.1. The van der Waals surface area contributed by atoms with Gasteiger partial charge >= 0.3 is 0 Å². The lowest BCUT2D eigenvalue weighted by atomic mass is 9.98. The van der Waals surface area contributed by atoms with Crippen LogP contribution in [-0.2, 0) is 6.54 Å². The summed E-state index contributed by atoms with van der Waals surface area (Å²) < 4.78 is 7.80. The van der Waals surface area contributed by atoms with Crippen LogP contribution in [-0.4, -0.2) is 17.5 Å². The molecular formula is C17H21NO2. The quantitative estimate of drug-likeness (QED) is 0.715. The van der Waals surface area contributed by atoms with Gasteiger partial charge in [0.25, 0.3) is 0 Å². The summed E-state index contributed by atoms with van der Waals surface area (Å²) in [5.74, 6) is 1.44. The van der Waals surface area contributed by atoms with Gasteiger partial charge in [0, 0.05) is 6.20 Å². The Bertz CT molecular complexity index is 560. The third kappa shape index (κ3) is 3.29. The summed E-state index contributed by atoms with van der Waals surface area (Å²) in [5.41, 5.74) is 1.93. The van der Waals surface area contributed by atoms with Gasteiger partial charge in [0.1, 0.15) is 12.4 Å². The predicted molar refractivity (Wildman–Crippen MR) is 80.5 cm³/mol. The van der Waals surface area contributed by atoms with Crippen molar-refractivity contribution < 1.29 is 9.53 Å². The maximum absolute atomic E-state index is 10.8. The van der Waals surface area contributed by atoms with Crippen molar-refractivity contribution in [2.75, 3.05) is 6.61 Å². The normalized spacial score (nSPS) is 12.1. The molecule has 2 rings (SSSR count). The van der Waals surface area contributed by atoms with Crippen LogP contribution in [0.25, 0.3) is 0 Å². The molecule has 20 heavy (non-hydrogen) atoms. The number of rotatable bonds is 7. The van der Waals surface area contributed by atoms with Gasteiger partial charge in [0.05, 0.1) is 12.2 Å². The van der Waals surface area contributed by atoms with E-state index in [4.69, 9.17) is 4.74 Å². The molecular weight excluding hydrogens is 250 g/mol. The zero-order chi connectivity index (χ0) is 14.4. The van der Waals surface area contributed by atoms with E-state index in [-0.39, 0.29) is 0 Å². The molecule has 2 aromatic rings. The van der Waals surface area contributed by atoms with Gasteiger partial charge in [0.2, 0.25) is 0 Å². The Balaban J connectivity index is 1.99. The third-order valence-electron chi connectivity index (χ3n) is 3.64. The van der Waals surface area contributed by atoms with E-state index in [1.54, 1.807) is 6.07 Å². The van der Waals surface area contributed by atoms with Gasteiger partial charge in [-0.3, -0.25) is 4.79 Å². The van der Waals surface area contributed by atoms with Crippen molar-refractivity contribution in [3.8, 4) is 5.75 Å². The highest BCUT2D eigenvalue weighted by Crippen LogP contribution is 2.28. The number of carbonyl (C=O) groups is 1. The first-order chi connectivity index (χ1) is 9.76. The SMILES string of the molecule is CCC(C)c1ccccc1OCCn1cccc1C=O. The molecule has 0 aliphatic carbocycles. The minimum absolute atomic E-state index is 0.489. The fourth-order valence-corrected chi connectivity index (χ4v) is 2.23. The van der Waals surface area contributed by atoms with Crippen LogP contribution in [0, 0.1) is 0 Å². The van der Waals surface area contributed by atoms with E-state index in [9.17, 15) is 4.79 Å². The smallest absolute Gasteiger partial charge is 0.166 e. The Morgan fingerprint density at radius 3 is 2.80 bits per heavy atom. The molecule has 1 aromatic carbocycles. The van der Waals surface area contributed by atoms with Gasteiger partial charge in [-0.1, -0.05) is 32.0 Å². The lowest BCUT2D eigenvalue weighted by molar-refractivity contribution is 0.111. The number of ether oxygens (including phenoxy) is 1. The summed E-state index contributed by atoms with van der Waals surface area (Å²) in [4.78, 5) is 10.8. The molecule has 0 aliphatic rings. The number of carbonyl (C=O) groups excluding carboxylic acids is 1. The predicted octanol–water partition coefficient (Wildman–Crippen LogP) is 3.89. The molecule has 3 heteroatoms. The molecule has 0 radical (unpaired) electrons. The monoisotopic (exact) mass is 271 g/mol. The summed E-state index contributed by atoms with van der Waals surface area (Å²) >= 11 is 0. The highest BCUT2D eigenvalue weighted by atomic mass is 16.5. The molecule has 1 heterocycles. The summed E-state index contributed by atoms with van der Waals surface area (Å²) in [6.07, 6.45) is 3.86. The van der Waals surface area contributed by atoms with Crippen LogP contribution in [0.15, 0.2) is 42.6 Å². The van der Waals surface area contributed by atoms with Gasteiger partial charge in [-0.25, -0.2) is 0 Å². The number of hydrogen-bond donors (Lipinski definition) is 0. The molecule has 0 fully saturated rings. The molecule has 0 amide bonds. The largest absolute Gasteiger partial charge is 0.491 e. The highest BCUT2D eigenvalue weighted by molar-refractivity contribution is 5.72. The molecule has 1 atom stereocenters. The van der Waals surface area contributed by atoms with E-state index in [1.165, 1.54) is 5.56 Å². The zero-order valence-corrected chi connectivity index (χ0v) is 12.1. The number of aromatic nitrogens is 1. The van der Waals surface area contributed by atoms with Crippen molar-refractivity contribution in [1.29, 1.82) is 0 Å². The molecule has 1 unspecified atom stereocenters. The second kappa shape index (κ2) is 6.94. The maximum atomic E-state index is 10.8. The van der Waals surface area contributed by atoms with Gasteiger partial charge < -0.3 is 9.30 Å². The molecule has 3 nitrogen and oxygen atoms in total. The second-order valence-corrected chi connectivity index (χ2v) is 4.94. The molecule has 0 aliphatic heterocycles. The highest BCUT2D eigenvalue weighted by Gasteiger charge is 2.09. The first-order valence-corrected chi connectivity index (χ1v) is 7.08. The Kier molecular flexibility index (Phi) is 4.99. The van der Waals surface area contributed by atoms with E-state index in [0.717, 1.165) is 18.5 Å². The van der Waals surface area contributed by atoms with E-state index in [1.807, 2.05) is 35.0 Å². The van der Waals surface area contributed by atoms with Crippen LogP contribution in [0.1, 0.15) is 42.2 Å². The first-order valence-electron chi connectivity index (χ1n) is 7.08. The topological polar surface area (TPSA) is 31.2 Å².